The molecule has 0 saturated carbocycles. The highest BCUT2D eigenvalue weighted by Gasteiger charge is 2.00. The lowest BCUT2D eigenvalue weighted by Gasteiger charge is -2.11. The Balaban J connectivity index is 2.26. The van der Waals surface area contributed by atoms with Crippen molar-refractivity contribution in [2.24, 2.45) is 0 Å². The van der Waals surface area contributed by atoms with Crippen LogP contribution in [0.5, 0.6) is 0 Å². The molecule has 13 heavy (non-hydrogen) atoms. The van der Waals surface area contributed by atoms with Crippen LogP contribution >= 0.6 is 27.3 Å². The lowest BCUT2D eigenvalue weighted by molar-refractivity contribution is 0.523. The second-order valence-electron chi connectivity index (χ2n) is 3.10. The first-order chi connectivity index (χ1) is 6.22. The molecule has 0 aliphatic carbocycles. The van der Waals surface area contributed by atoms with E-state index in [4.69, 9.17) is 0 Å². The summed E-state index contributed by atoms with van der Waals surface area (Å²) in [4.78, 5) is 0. The zero-order valence-corrected chi connectivity index (χ0v) is 10.3. The van der Waals surface area contributed by atoms with Crippen LogP contribution in [0.2, 0.25) is 0 Å². The highest BCUT2D eigenvalue weighted by molar-refractivity contribution is 9.11. The molecule has 1 rings (SSSR count). The van der Waals surface area contributed by atoms with Crippen molar-refractivity contribution in [1.82, 2.24) is 10.6 Å². The van der Waals surface area contributed by atoms with Crippen molar-refractivity contribution in [3.63, 3.8) is 0 Å². The van der Waals surface area contributed by atoms with Gasteiger partial charge < -0.3 is 10.6 Å². The molecule has 0 aliphatic rings. The fourth-order valence-electron chi connectivity index (χ4n) is 1.11. The van der Waals surface area contributed by atoms with Crippen LogP contribution in [0.3, 0.4) is 0 Å². The second kappa shape index (κ2) is 5.75. The first-order valence-corrected chi connectivity index (χ1v) is 6.00. The Morgan fingerprint density at radius 1 is 1.62 bits per heavy atom. The molecule has 2 N–H and O–H groups in total. The Bertz CT molecular complexity index is 250. The molecule has 1 unspecified atom stereocenters. The Morgan fingerprint density at radius 2 is 2.38 bits per heavy atom. The van der Waals surface area contributed by atoms with Crippen LogP contribution in [0.1, 0.15) is 12.5 Å². The molecule has 0 fully saturated rings. The Morgan fingerprint density at radius 3 is 2.92 bits per heavy atom. The molecule has 4 heteroatoms. The van der Waals surface area contributed by atoms with E-state index in [1.165, 1.54) is 9.35 Å². The van der Waals surface area contributed by atoms with E-state index in [0.29, 0.717) is 6.04 Å². The largest absolute Gasteiger partial charge is 0.318 e. The van der Waals surface area contributed by atoms with Crippen LogP contribution in [0.25, 0.3) is 0 Å². The first kappa shape index (κ1) is 11.2. The van der Waals surface area contributed by atoms with Crippen LogP contribution in [-0.4, -0.2) is 19.6 Å². The van der Waals surface area contributed by atoms with Gasteiger partial charge in [0.05, 0.1) is 3.79 Å². The normalized spacial score (nSPS) is 13.2. The zero-order chi connectivity index (χ0) is 9.68. The van der Waals surface area contributed by atoms with Gasteiger partial charge in [0.1, 0.15) is 0 Å². The van der Waals surface area contributed by atoms with E-state index in [0.717, 1.165) is 13.1 Å². The van der Waals surface area contributed by atoms with E-state index in [9.17, 15) is 0 Å². The third kappa shape index (κ3) is 4.22. The number of thiophene rings is 1. The highest BCUT2D eigenvalue weighted by Crippen LogP contribution is 2.20. The van der Waals surface area contributed by atoms with Crippen molar-refractivity contribution in [3.05, 3.63) is 20.8 Å². The van der Waals surface area contributed by atoms with Crippen LogP contribution in [0.4, 0.5) is 0 Å². The molecule has 1 heterocycles. The topological polar surface area (TPSA) is 24.1 Å². The minimum absolute atomic E-state index is 0.517. The van der Waals surface area contributed by atoms with Crippen LogP contribution < -0.4 is 10.6 Å². The van der Waals surface area contributed by atoms with Crippen molar-refractivity contribution >= 4 is 27.3 Å². The smallest absolute Gasteiger partial charge is 0.0701 e. The van der Waals surface area contributed by atoms with Gasteiger partial charge in [-0.15, -0.1) is 11.3 Å². The van der Waals surface area contributed by atoms with Gasteiger partial charge in [0.15, 0.2) is 0 Å². The summed E-state index contributed by atoms with van der Waals surface area (Å²) < 4.78 is 1.20. The molecule has 1 atom stereocenters. The molecular weight excluding hydrogens is 248 g/mol. The molecule has 0 radical (unpaired) electrons. The second-order valence-corrected chi connectivity index (χ2v) is 5.39. The van der Waals surface area contributed by atoms with Crippen molar-refractivity contribution in [1.29, 1.82) is 0 Å². The maximum atomic E-state index is 3.45. The molecule has 0 saturated heterocycles. The molecule has 2 nitrogen and oxygen atoms in total. The van der Waals surface area contributed by atoms with Crippen LogP contribution in [0.15, 0.2) is 15.2 Å². The van der Waals surface area contributed by atoms with Gasteiger partial charge in [-0.05, 0) is 46.9 Å². The van der Waals surface area contributed by atoms with Gasteiger partial charge in [0, 0.05) is 19.1 Å². The Kier molecular flexibility index (Phi) is 4.94. The van der Waals surface area contributed by atoms with Gasteiger partial charge >= 0.3 is 0 Å². The number of hydrogen-bond acceptors (Lipinski definition) is 3. The Hall–Kier alpha value is 0.100. The molecule has 1 aromatic heterocycles. The van der Waals surface area contributed by atoms with E-state index < -0.39 is 0 Å². The van der Waals surface area contributed by atoms with Gasteiger partial charge in [0.2, 0.25) is 0 Å². The van der Waals surface area contributed by atoms with Crippen molar-refractivity contribution in [2.75, 3.05) is 13.6 Å². The fourth-order valence-corrected chi connectivity index (χ4v) is 2.32. The van der Waals surface area contributed by atoms with E-state index >= 15 is 0 Å². The Labute approximate surface area is 91.9 Å². The number of hydrogen-bond donors (Lipinski definition) is 2. The average Bonchev–Trinajstić information content (AvgIpc) is 2.49. The molecule has 74 valence electrons. The van der Waals surface area contributed by atoms with Crippen LogP contribution in [0, 0.1) is 0 Å². The van der Waals surface area contributed by atoms with Gasteiger partial charge in [-0.3, -0.25) is 0 Å². The monoisotopic (exact) mass is 262 g/mol. The third-order valence-electron chi connectivity index (χ3n) is 1.79. The summed E-state index contributed by atoms with van der Waals surface area (Å²) in [6.07, 6.45) is 0. The van der Waals surface area contributed by atoms with Crippen molar-refractivity contribution < 1.29 is 0 Å². The van der Waals surface area contributed by atoms with Gasteiger partial charge in [-0.25, -0.2) is 0 Å². The van der Waals surface area contributed by atoms with E-state index in [2.05, 4.69) is 44.9 Å². The highest BCUT2D eigenvalue weighted by atomic mass is 79.9. The number of nitrogens with one attached hydrogen (secondary N) is 2. The van der Waals surface area contributed by atoms with Crippen LogP contribution in [-0.2, 0) is 6.54 Å². The van der Waals surface area contributed by atoms with Crippen molar-refractivity contribution in [2.45, 2.75) is 19.5 Å². The minimum atomic E-state index is 0.517. The maximum Gasteiger partial charge on any atom is 0.0701 e. The lowest BCUT2D eigenvalue weighted by atomic mass is 10.3. The predicted molar refractivity (Wildman–Crippen MR) is 62.2 cm³/mol. The summed E-state index contributed by atoms with van der Waals surface area (Å²) in [5.41, 5.74) is 1.35. The third-order valence-corrected chi connectivity index (χ3v) is 3.34. The first-order valence-electron chi connectivity index (χ1n) is 4.33. The lowest BCUT2D eigenvalue weighted by Crippen LogP contribution is -2.34. The quantitative estimate of drug-likeness (QED) is 0.851. The average molecular weight is 263 g/mol. The molecule has 0 bridgehead atoms. The number of likely N-dealkylation sites (N-methyl/N-ethyl adjacent to an activating group) is 1. The van der Waals surface area contributed by atoms with Gasteiger partial charge in [-0.1, -0.05) is 0 Å². The molecule has 0 aliphatic heterocycles. The summed E-state index contributed by atoms with van der Waals surface area (Å²) in [6.45, 7) is 4.13. The SMILES string of the molecule is CNCC(C)NCc1csc(Br)c1. The molecule has 1 aromatic rings. The zero-order valence-electron chi connectivity index (χ0n) is 7.93. The molecule has 0 aromatic carbocycles. The summed E-state index contributed by atoms with van der Waals surface area (Å²) >= 11 is 5.18. The molecule has 0 spiro atoms. The molecule has 0 amide bonds. The predicted octanol–water partition coefficient (Wildman–Crippen LogP) is 2.21. The summed E-state index contributed by atoms with van der Waals surface area (Å²) in [5, 5.41) is 8.75. The van der Waals surface area contributed by atoms with E-state index in [-0.39, 0.29) is 0 Å². The summed E-state index contributed by atoms with van der Waals surface area (Å²) in [6, 6.07) is 2.67. The van der Waals surface area contributed by atoms with Crippen molar-refractivity contribution in [3.8, 4) is 0 Å². The van der Waals surface area contributed by atoms with E-state index in [1.807, 2.05) is 7.05 Å². The standard InChI is InChI=1S/C9H15BrN2S/c1-7(4-11-2)12-5-8-3-9(10)13-6-8/h3,6-7,11-12H,4-5H2,1-2H3. The number of halogens is 1. The summed E-state index contributed by atoms with van der Waals surface area (Å²) in [7, 11) is 1.97. The van der Waals surface area contributed by atoms with Gasteiger partial charge in [0.25, 0.3) is 0 Å². The van der Waals surface area contributed by atoms with Gasteiger partial charge in [-0.2, -0.15) is 0 Å². The van der Waals surface area contributed by atoms with E-state index in [1.54, 1.807) is 11.3 Å². The fraction of sp³-hybridized carbons (Fsp3) is 0.556. The minimum Gasteiger partial charge on any atom is -0.318 e. The summed E-state index contributed by atoms with van der Waals surface area (Å²) in [5.74, 6) is 0. The number of rotatable bonds is 5. The molecular formula is C9H15BrN2S. The maximum absolute atomic E-state index is 3.45.